The zero-order valence-electron chi connectivity index (χ0n) is 18.7. The van der Waals surface area contributed by atoms with Crippen LogP contribution in [-0.2, 0) is 17.8 Å². The summed E-state index contributed by atoms with van der Waals surface area (Å²) in [6, 6.07) is 14.5. The minimum absolute atomic E-state index is 0.0989. The first-order valence-corrected chi connectivity index (χ1v) is 11.6. The Balaban J connectivity index is 1.27. The SMILES string of the molecule is O=C(C1CCCN(c2ncnc3onc(-c4ccc(F)cc4)c23)C1)N1CCc2ccccc2C1. The number of aromatic nitrogens is 3. The summed E-state index contributed by atoms with van der Waals surface area (Å²) in [7, 11) is 0. The van der Waals surface area contributed by atoms with E-state index in [0.717, 1.165) is 37.9 Å². The van der Waals surface area contributed by atoms with Gasteiger partial charge in [0, 0.05) is 31.7 Å². The molecule has 2 aliphatic rings. The number of nitrogens with zero attached hydrogens (tertiary/aromatic N) is 5. The van der Waals surface area contributed by atoms with Gasteiger partial charge in [-0.3, -0.25) is 4.79 Å². The first-order valence-electron chi connectivity index (χ1n) is 11.6. The average molecular weight is 458 g/mol. The number of carbonyl (C=O) groups excluding carboxylic acids is 1. The molecule has 0 aliphatic carbocycles. The maximum Gasteiger partial charge on any atom is 0.263 e. The van der Waals surface area contributed by atoms with Crippen molar-refractivity contribution in [1.82, 2.24) is 20.0 Å². The number of piperidine rings is 1. The molecule has 1 saturated heterocycles. The molecule has 8 heteroatoms. The predicted molar refractivity (Wildman–Crippen MR) is 125 cm³/mol. The Hall–Kier alpha value is -3.81. The summed E-state index contributed by atoms with van der Waals surface area (Å²) >= 11 is 0. The van der Waals surface area contributed by atoms with Crippen LogP contribution < -0.4 is 4.90 Å². The molecule has 1 amide bonds. The number of fused-ring (bicyclic) bond motifs is 2. The Morgan fingerprint density at radius 1 is 1.03 bits per heavy atom. The predicted octanol–water partition coefficient (Wildman–Crippen LogP) is 4.23. The van der Waals surface area contributed by atoms with Crippen molar-refractivity contribution in [3.8, 4) is 11.3 Å². The van der Waals surface area contributed by atoms with Crippen LogP contribution in [0.25, 0.3) is 22.4 Å². The van der Waals surface area contributed by atoms with Gasteiger partial charge in [-0.15, -0.1) is 0 Å². The highest BCUT2D eigenvalue weighted by atomic mass is 19.1. The highest BCUT2D eigenvalue weighted by Gasteiger charge is 2.33. The molecule has 2 aliphatic heterocycles. The van der Waals surface area contributed by atoms with E-state index >= 15 is 0 Å². The molecule has 0 saturated carbocycles. The van der Waals surface area contributed by atoms with Crippen molar-refractivity contribution in [2.24, 2.45) is 5.92 Å². The molecule has 34 heavy (non-hydrogen) atoms. The van der Waals surface area contributed by atoms with Crippen LogP contribution in [0.1, 0.15) is 24.0 Å². The second kappa shape index (κ2) is 8.52. The quantitative estimate of drug-likeness (QED) is 0.459. The third-order valence-electron chi connectivity index (χ3n) is 6.88. The average Bonchev–Trinajstić information content (AvgIpc) is 3.33. The first-order chi connectivity index (χ1) is 16.7. The molecule has 1 unspecified atom stereocenters. The molecule has 0 radical (unpaired) electrons. The minimum Gasteiger partial charge on any atom is -0.355 e. The summed E-state index contributed by atoms with van der Waals surface area (Å²) in [6.07, 6.45) is 4.11. The summed E-state index contributed by atoms with van der Waals surface area (Å²) in [4.78, 5) is 26.4. The van der Waals surface area contributed by atoms with Gasteiger partial charge in [0.1, 0.15) is 29.0 Å². The molecule has 7 nitrogen and oxygen atoms in total. The van der Waals surface area contributed by atoms with Crippen molar-refractivity contribution in [2.75, 3.05) is 24.5 Å². The number of benzene rings is 2. The van der Waals surface area contributed by atoms with E-state index in [1.807, 2.05) is 11.0 Å². The highest BCUT2D eigenvalue weighted by Crippen LogP contribution is 2.35. The summed E-state index contributed by atoms with van der Waals surface area (Å²) in [5, 5.41) is 4.89. The van der Waals surface area contributed by atoms with Crippen LogP contribution in [0, 0.1) is 11.7 Å². The van der Waals surface area contributed by atoms with Crippen molar-refractivity contribution in [3.63, 3.8) is 0 Å². The van der Waals surface area contributed by atoms with Crippen LogP contribution >= 0.6 is 0 Å². The lowest BCUT2D eigenvalue weighted by molar-refractivity contribution is -0.136. The molecule has 1 fully saturated rings. The Kier molecular flexibility index (Phi) is 5.20. The fourth-order valence-corrected chi connectivity index (χ4v) is 5.13. The number of amides is 1. The van der Waals surface area contributed by atoms with Crippen molar-refractivity contribution in [1.29, 1.82) is 0 Å². The second-order valence-corrected chi connectivity index (χ2v) is 8.98. The van der Waals surface area contributed by atoms with Gasteiger partial charge in [0.25, 0.3) is 5.71 Å². The number of halogens is 1. The number of anilines is 1. The molecule has 172 valence electrons. The fraction of sp³-hybridized carbons (Fsp3) is 0.308. The van der Waals surface area contributed by atoms with E-state index in [0.29, 0.717) is 35.7 Å². The zero-order chi connectivity index (χ0) is 23.1. The number of hydrogen-bond donors (Lipinski definition) is 0. The molecule has 2 aromatic carbocycles. The summed E-state index contributed by atoms with van der Waals surface area (Å²) < 4.78 is 18.9. The van der Waals surface area contributed by atoms with Crippen molar-refractivity contribution in [3.05, 3.63) is 71.8 Å². The van der Waals surface area contributed by atoms with Gasteiger partial charge in [-0.05, 0) is 54.7 Å². The van der Waals surface area contributed by atoms with E-state index in [9.17, 15) is 9.18 Å². The Morgan fingerprint density at radius 2 is 1.85 bits per heavy atom. The van der Waals surface area contributed by atoms with Crippen LogP contribution in [0.4, 0.5) is 10.2 Å². The summed E-state index contributed by atoms with van der Waals surface area (Å²) in [5.74, 6) is 0.490. The molecular formula is C26H24FN5O2. The van der Waals surface area contributed by atoms with Crippen molar-refractivity contribution < 1.29 is 13.7 Å². The van der Waals surface area contributed by atoms with Gasteiger partial charge >= 0.3 is 0 Å². The molecule has 0 bridgehead atoms. The molecule has 4 heterocycles. The van der Waals surface area contributed by atoms with Gasteiger partial charge in [0.2, 0.25) is 5.91 Å². The standard InChI is InChI=1S/C26H24FN5O2/c27-21-9-7-18(8-10-21)23-22-24(28-16-29-25(22)34-30-23)31-12-3-6-20(15-31)26(33)32-13-11-17-4-1-2-5-19(17)14-32/h1-2,4-5,7-10,16,20H,3,6,11-15H2. The van der Waals surface area contributed by atoms with E-state index in [2.05, 4.69) is 38.2 Å². The van der Waals surface area contributed by atoms with Crippen LogP contribution in [0.3, 0.4) is 0 Å². The topological polar surface area (TPSA) is 75.4 Å². The highest BCUT2D eigenvalue weighted by molar-refractivity contribution is 5.98. The number of rotatable bonds is 3. The lowest BCUT2D eigenvalue weighted by atomic mass is 9.93. The van der Waals surface area contributed by atoms with Gasteiger partial charge in [-0.2, -0.15) is 4.98 Å². The third-order valence-corrected chi connectivity index (χ3v) is 6.88. The van der Waals surface area contributed by atoms with Gasteiger partial charge in [0.15, 0.2) is 0 Å². The molecule has 4 aromatic rings. The van der Waals surface area contributed by atoms with E-state index in [1.54, 1.807) is 12.1 Å². The Bertz CT molecular complexity index is 1350. The molecule has 2 aromatic heterocycles. The van der Waals surface area contributed by atoms with Crippen molar-refractivity contribution in [2.45, 2.75) is 25.8 Å². The fourth-order valence-electron chi connectivity index (χ4n) is 5.13. The maximum atomic E-state index is 13.5. The molecule has 1 atom stereocenters. The van der Waals surface area contributed by atoms with E-state index in [-0.39, 0.29) is 17.6 Å². The third kappa shape index (κ3) is 3.69. The van der Waals surface area contributed by atoms with Gasteiger partial charge in [-0.25, -0.2) is 9.37 Å². The lowest BCUT2D eigenvalue weighted by Gasteiger charge is -2.37. The van der Waals surface area contributed by atoms with E-state index < -0.39 is 0 Å². The van der Waals surface area contributed by atoms with Gasteiger partial charge in [-0.1, -0.05) is 29.4 Å². The van der Waals surface area contributed by atoms with Crippen LogP contribution in [0.5, 0.6) is 0 Å². The minimum atomic E-state index is -0.314. The van der Waals surface area contributed by atoms with E-state index in [4.69, 9.17) is 4.52 Å². The smallest absolute Gasteiger partial charge is 0.263 e. The zero-order valence-corrected chi connectivity index (χ0v) is 18.7. The summed E-state index contributed by atoms with van der Waals surface area (Å²) in [5.41, 5.74) is 4.26. The van der Waals surface area contributed by atoms with E-state index in [1.165, 1.54) is 29.6 Å². The van der Waals surface area contributed by atoms with Crippen LogP contribution in [0.2, 0.25) is 0 Å². The second-order valence-electron chi connectivity index (χ2n) is 8.98. The van der Waals surface area contributed by atoms with Gasteiger partial charge in [0.05, 0.1) is 5.92 Å². The Morgan fingerprint density at radius 3 is 2.71 bits per heavy atom. The van der Waals surface area contributed by atoms with Gasteiger partial charge < -0.3 is 14.3 Å². The Labute approximate surface area is 196 Å². The van der Waals surface area contributed by atoms with Crippen LogP contribution in [0.15, 0.2) is 59.4 Å². The molecular weight excluding hydrogens is 433 g/mol. The molecule has 6 rings (SSSR count). The molecule has 0 N–H and O–H groups in total. The number of hydrogen-bond acceptors (Lipinski definition) is 6. The normalized spacial score (nSPS) is 18.2. The van der Waals surface area contributed by atoms with Crippen molar-refractivity contribution >= 4 is 22.8 Å². The maximum absolute atomic E-state index is 13.5. The molecule has 0 spiro atoms. The monoisotopic (exact) mass is 457 g/mol. The van der Waals surface area contributed by atoms with Crippen LogP contribution in [-0.4, -0.2) is 45.6 Å². The largest absolute Gasteiger partial charge is 0.355 e. The summed E-state index contributed by atoms with van der Waals surface area (Å²) in [6.45, 7) is 2.79. The lowest BCUT2D eigenvalue weighted by Crippen LogP contribution is -2.46. The first kappa shape index (κ1) is 20.8. The number of carbonyl (C=O) groups is 1.